The van der Waals surface area contributed by atoms with Gasteiger partial charge in [-0.3, -0.25) is 9.48 Å². The predicted molar refractivity (Wildman–Crippen MR) is 73.9 cm³/mol. The average Bonchev–Trinajstić information content (AvgIpc) is 3.13. The molecule has 2 atom stereocenters. The molecular formula is C15H17N3O. The molecule has 3 rings (SSSR count). The molecule has 0 radical (unpaired) electrons. The number of carbonyl (C=O) groups excluding carboxylic acids is 1. The first kappa shape index (κ1) is 12.0. The molecule has 1 amide bonds. The lowest BCUT2D eigenvalue weighted by molar-refractivity contribution is -0.117. The standard InChI is InChI=1S/C15H17N3O/c1-10-14(9-18(2)17-10)16-15(19)13-8-12(13)11-6-4-3-5-7-11/h3-7,9,12-13H,8H2,1-2H3,(H,16,19)/t12-,13-/m1/s1. The third kappa shape index (κ3) is 2.38. The first-order valence-electron chi connectivity index (χ1n) is 6.51. The Labute approximate surface area is 112 Å². The highest BCUT2D eigenvalue weighted by molar-refractivity contribution is 5.95. The Morgan fingerprint density at radius 1 is 1.37 bits per heavy atom. The number of carbonyl (C=O) groups is 1. The summed E-state index contributed by atoms with van der Waals surface area (Å²) < 4.78 is 1.71. The Morgan fingerprint density at radius 2 is 2.11 bits per heavy atom. The van der Waals surface area contributed by atoms with Crippen LogP contribution in [-0.4, -0.2) is 15.7 Å². The van der Waals surface area contributed by atoms with Crippen LogP contribution in [0.3, 0.4) is 0 Å². The van der Waals surface area contributed by atoms with E-state index in [4.69, 9.17) is 0 Å². The zero-order chi connectivity index (χ0) is 13.4. The number of benzene rings is 1. The SMILES string of the molecule is Cc1nn(C)cc1NC(=O)[C@@H]1C[C@@H]1c1ccccc1. The van der Waals surface area contributed by atoms with Gasteiger partial charge in [0.1, 0.15) is 0 Å². The van der Waals surface area contributed by atoms with Crippen molar-refractivity contribution in [2.45, 2.75) is 19.3 Å². The minimum Gasteiger partial charge on any atom is -0.323 e. The van der Waals surface area contributed by atoms with Gasteiger partial charge in [0, 0.05) is 19.2 Å². The second kappa shape index (κ2) is 4.53. The van der Waals surface area contributed by atoms with Crippen molar-refractivity contribution in [1.82, 2.24) is 9.78 Å². The van der Waals surface area contributed by atoms with Crippen LogP contribution in [0.4, 0.5) is 5.69 Å². The Hall–Kier alpha value is -2.10. The van der Waals surface area contributed by atoms with Gasteiger partial charge in [0.25, 0.3) is 0 Å². The van der Waals surface area contributed by atoms with Crippen molar-refractivity contribution in [3.63, 3.8) is 0 Å². The van der Waals surface area contributed by atoms with Crippen LogP contribution in [0, 0.1) is 12.8 Å². The van der Waals surface area contributed by atoms with Crippen molar-refractivity contribution in [3.05, 3.63) is 47.8 Å². The number of aryl methyl sites for hydroxylation is 2. The van der Waals surface area contributed by atoms with E-state index in [-0.39, 0.29) is 11.8 Å². The zero-order valence-corrected chi connectivity index (χ0v) is 11.1. The summed E-state index contributed by atoms with van der Waals surface area (Å²) in [4.78, 5) is 12.2. The summed E-state index contributed by atoms with van der Waals surface area (Å²) in [5.41, 5.74) is 2.92. The van der Waals surface area contributed by atoms with Gasteiger partial charge in [-0.1, -0.05) is 30.3 Å². The van der Waals surface area contributed by atoms with Crippen molar-refractivity contribution in [2.24, 2.45) is 13.0 Å². The number of hydrogen-bond donors (Lipinski definition) is 1. The lowest BCUT2D eigenvalue weighted by atomic mass is 10.1. The summed E-state index contributed by atoms with van der Waals surface area (Å²) in [6, 6.07) is 10.2. The maximum atomic E-state index is 12.2. The molecule has 0 bridgehead atoms. The molecule has 1 saturated carbocycles. The highest BCUT2D eigenvalue weighted by atomic mass is 16.2. The van der Waals surface area contributed by atoms with Gasteiger partial charge in [0.2, 0.25) is 5.91 Å². The van der Waals surface area contributed by atoms with E-state index in [2.05, 4.69) is 22.5 Å². The minimum atomic E-state index is 0.0991. The molecule has 0 spiro atoms. The highest BCUT2D eigenvalue weighted by Gasteiger charge is 2.43. The largest absolute Gasteiger partial charge is 0.323 e. The van der Waals surface area contributed by atoms with Crippen molar-refractivity contribution >= 4 is 11.6 Å². The van der Waals surface area contributed by atoms with E-state index < -0.39 is 0 Å². The number of hydrogen-bond acceptors (Lipinski definition) is 2. The van der Waals surface area contributed by atoms with Crippen molar-refractivity contribution in [1.29, 1.82) is 0 Å². The molecule has 2 aromatic rings. The molecule has 4 nitrogen and oxygen atoms in total. The Morgan fingerprint density at radius 3 is 2.74 bits per heavy atom. The van der Waals surface area contributed by atoms with E-state index >= 15 is 0 Å². The molecule has 0 unspecified atom stereocenters. The van der Waals surface area contributed by atoms with Gasteiger partial charge in [0.15, 0.2) is 0 Å². The van der Waals surface area contributed by atoms with Gasteiger partial charge < -0.3 is 5.32 Å². The van der Waals surface area contributed by atoms with Crippen LogP contribution >= 0.6 is 0 Å². The van der Waals surface area contributed by atoms with E-state index in [1.165, 1.54) is 5.56 Å². The normalized spacial score (nSPS) is 21.2. The van der Waals surface area contributed by atoms with Crippen LogP contribution in [0.1, 0.15) is 23.6 Å². The molecule has 1 heterocycles. The molecule has 1 aliphatic rings. The van der Waals surface area contributed by atoms with Crippen LogP contribution < -0.4 is 5.32 Å². The molecule has 1 fully saturated rings. The maximum absolute atomic E-state index is 12.2. The number of amides is 1. The van der Waals surface area contributed by atoms with Crippen LogP contribution in [0.5, 0.6) is 0 Å². The smallest absolute Gasteiger partial charge is 0.228 e. The molecule has 98 valence electrons. The highest BCUT2D eigenvalue weighted by Crippen LogP contribution is 2.47. The van der Waals surface area contributed by atoms with Crippen LogP contribution in [0.2, 0.25) is 0 Å². The summed E-state index contributed by atoms with van der Waals surface area (Å²) in [7, 11) is 1.85. The monoisotopic (exact) mass is 255 g/mol. The predicted octanol–water partition coefficient (Wildman–Crippen LogP) is 2.47. The van der Waals surface area contributed by atoms with Gasteiger partial charge in [-0.15, -0.1) is 0 Å². The summed E-state index contributed by atoms with van der Waals surface area (Å²) in [5, 5.41) is 7.19. The van der Waals surface area contributed by atoms with Crippen LogP contribution in [-0.2, 0) is 11.8 Å². The van der Waals surface area contributed by atoms with Crippen LogP contribution in [0.25, 0.3) is 0 Å². The Balaban J connectivity index is 1.66. The van der Waals surface area contributed by atoms with Crippen molar-refractivity contribution < 1.29 is 4.79 Å². The van der Waals surface area contributed by atoms with E-state index in [1.807, 2.05) is 38.4 Å². The number of aromatic nitrogens is 2. The second-order valence-corrected chi connectivity index (χ2v) is 5.15. The summed E-state index contributed by atoms with van der Waals surface area (Å²) in [5.74, 6) is 0.574. The van der Waals surface area contributed by atoms with Crippen molar-refractivity contribution in [2.75, 3.05) is 5.32 Å². The quantitative estimate of drug-likeness (QED) is 0.915. The van der Waals surface area contributed by atoms with Gasteiger partial charge in [0.05, 0.1) is 11.4 Å². The average molecular weight is 255 g/mol. The third-order valence-corrected chi connectivity index (χ3v) is 3.63. The maximum Gasteiger partial charge on any atom is 0.228 e. The van der Waals surface area contributed by atoms with Crippen molar-refractivity contribution in [3.8, 4) is 0 Å². The Kier molecular flexibility index (Phi) is 2.85. The molecular weight excluding hydrogens is 238 g/mol. The molecule has 1 aromatic carbocycles. The number of anilines is 1. The summed E-state index contributed by atoms with van der Waals surface area (Å²) >= 11 is 0. The fourth-order valence-electron chi connectivity index (χ4n) is 2.50. The van der Waals surface area contributed by atoms with Gasteiger partial charge >= 0.3 is 0 Å². The first-order chi connectivity index (χ1) is 9.15. The van der Waals surface area contributed by atoms with Gasteiger partial charge in [-0.25, -0.2) is 0 Å². The fourth-order valence-corrected chi connectivity index (χ4v) is 2.50. The number of nitrogens with zero attached hydrogens (tertiary/aromatic N) is 2. The number of rotatable bonds is 3. The zero-order valence-electron chi connectivity index (χ0n) is 11.1. The lowest BCUT2D eigenvalue weighted by Crippen LogP contribution is -2.14. The lowest BCUT2D eigenvalue weighted by Gasteiger charge is -2.03. The Bertz CT molecular complexity index is 603. The van der Waals surface area contributed by atoms with Gasteiger partial charge in [-0.2, -0.15) is 5.10 Å². The van der Waals surface area contributed by atoms with E-state index in [1.54, 1.807) is 4.68 Å². The molecule has 1 N–H and O–H groups in total. The summed E-state index contributed by atoms with van der Waals surface area (Å²) in [6.07, 6.45) is 2.78. The molecule has 1 aromatic heterocycles. The van der Waals surface area contributed by atoms with Crippen LogP contribution in [0.15, 0.2) is 36.5 Å². The summed E-state index contributed by atoms with van der Waals surface area (Å²) in [6.45, 7) is 1.90. The molecule has 4 heteroatoms. The van der Waals surface area contributed by atoms with E-state index in [9.17, 15) is 4.79 Å². The molecule has 0 aliphatic heterocycles. The first-order valence-corrected chi connectivity index (χ1v) is 6.51. The number of nitrogens with one attached hydrogen (secondary N) is 1. The topological polar surface area (TPSA) is 46.9 Å². The molecule has 0 saturated heterocycles. The second-order valence-electron chi connectivity index (χ2n) is 5.15. The fraction of sp³-hybridized carbons (Fsp3) is 0.333. The molecule has 1 aliphatic carbocycles. The third-order valence-electron chi connectivity index (χ3n) is 3.63. The van der Waals surface area contributed by atoms with E-state index in [0.29, 0.717) is 5.92 Å². The molecule has 19 heavy (non-hydrogen) atoms. The van der Waals surface area contributed by atoms with Gasteiger partial charge in [-0.05, 0) is 24.8 Å². The van der Waals surface area contributed by atoms with E-state index in [0.717, 1.165) is 17.8 Å². The minimum absolute atomic E-state index is 0.0991.